The van der Waals surface area contributed by atoms with Crippen LogP contribution in [0.3, 0.4) is 0 Å². The van der Waals surface area contributed by atoms with Gasteiger partial charge in [-0.2, -0.15) is 5.10 Å². The Morgan fingerprint density at radius 1 is 1.32 bits per heavy atom. The number of nitrogens with zero attached hydrogens (tertiary/aromatic N) is 3. The van der Waals surface area contributed by atoms with E-state index in [1.54, 1.807) is 6.20 Å². The standard InChI is InChI=1S/C19H33N5O/c1-15(2)12-23-9-3-5-16(13-23)11-20-19(25)24-10-4-6-17(14-24)18-7-8-21-22-18/h7-8,15-17H,3-6,9-14H2,1-2H3,(H,20,25)(H,21,22)/t16-,17-/m1/s1. The predicted octanol–water partition coefficient (Wildman–Crippen LogP) is 2.67. The molecule has 0 saturated carbocycles. The maximum atomic E-state index is 12.6. The van der Waals surface area contributed by atoms with Gasteiger partial charge in [0.25, 0.3) is 0 Å². The Kier molecular flexibility index (Phi) is 6.34. The number of piperidine rings is 2. The van der Waals surface area contributed by atoms with Crippen molar-refractivity contribution in [3.8, 4) is 0 Å². The molecule has 2 aliphatic rings. The number of amides is 2. The minimum Gasteiger partial charge on any atom is -0.338 e. The summed E-state index contributed by atoms with van der Waals surface area (Å²) in [6, 6.07) is 2.13. The molecule has 0 spiro atoms. The first-order chi connectivity index (χ1) is 12.1. The summed E-state index contributed by atoms with van der Waals surface area (Å²) in [5.41, 5.74) is 1.15. The molecule has 25 heavy (non-hydrogen) atoms. The lowest BCUT2D eigenvalue weighted by Crippen LogP contribution is -2.48. The first-order valence-electron chi connectivity index (χ1n) is 9.86. The molecule has 2 fully saturated rings. The fraction of sp³-hybridized carbons (Fsp3) is 0.789. The van der Waals surface area contributed by atoms with Crippen LogP contribution >= 0.6 is 0 Å². The molecule has 1 aromatic heterocycles. The van der Waals surface area contributed by atoms with Crippen LogP contribution in [0.4, 0.5) is 4.79 Å². The quantitative estimate of drug-likeness (QED) is 0.861. The van der Waals surface area contributed by atoms with Crippen molar-refractivity contribution in [3.05, 3.63) is 18.0 Å². The van der Waals surface area contributed by atoms with E-state index in [2.05, 4.69) is 34.3 Å². The number of aromatic nitrogens is 2. The fourth-order valence-corrected chi connectivity index (χ4v) is 4.25. The van der Waals surface area contributed by atoms with E-state index in [1.807, 2.05) is 11.0 Å². The van der Waals surface area contributed by atoms with Crippen LogP contribution in [0.1, 0.15) is 51.1 Å². The molecular formula is C19H33N5O. The second kappa shape index (κ2) is 8.70. The van der Waals surface area contributed by atoms with Crippen molar-refractivity contribution in [2.75, 3.05) is 39.3 Å². The highest BCUT2D eigenvalue weighted by molar-refractivity contribution is 5.74. The van der Waals surface area contributed by atoms with E-state index in [9.17, 15) is 4.79 Å². The third-order valence-electron chi connectivity index (χ3n) is 5.44. The van der Waals surface area contributed by atoms with Gasteiger partial charge in [-0.1, -0.05) is 13.8 Å². The number of carbonyl (C=O) groups excluding carboxylic acids is 1. The summed E-state index contributed by atoms with van der Waals surface area (Å²) in [6.45, 7) is 10.5. The molecule has 0 aromatic carbocycles. The number of hydrogen-bond donors (Lipinski definition) is 2. The molecule has 2 amide bonds. The lowest BCUT2D eigenvalue weighted by atomic mass is 9.95. The van der Waals surface area contributed by atoms with Gasteiger partial charge in [-0.05, 0) is 50.1 Å². The number of aromatic amines is 1. The molecule has 2 N–H and O–H groups in total. The molecule has 1 aromatic rings. The SMILES string of the molecule is CC(C)CN1CCC[C@H](CNC(=O)N2CCC[C@@H](c3ccn[nH]3)C2)C1. The molecule has 0 radical (unpaired) electrons. The van der Waals surface area contributed by atoms with Gasteiger partial charge in [0.2, 0.25) is 0 Å². The molecule has 2 saturated heterocycles. The maximum Gasteiger partial charge on any atom is 0.317 e. The Morgan fingerprint density at radius 2 is 2.16 bits per heavy atom. The van der Waals surface area contributed by atoms with Crippen LogP contribution < -0.4 is 5.32 Å². The van der Waals surface area contributed by atoms with Crippen LogP contribution in [-0.4, -0.2) is 65.3 Å². The Labute approximate surface area is 151 Å². The van der Waals surface area contributed by atoms with Gasteiger partial charge >= 0.3 is 6.03 Å². The zero-order valence-electron chi connectivity index (χ0n) is 15.7. The van der Waals surface area contributed by atoms with E-state index >= 15 is 0 Å². The van der Waals surface area contributed by atoms with Crippen LogP contribution in [-0.2, 0) is 0 Å². The predicted molar refractivity (Wildman–Crippen MR) is 99.5 cm³/mol. The number of rotatable bonds is 5. The molecule has 6 nitrogen and oxygen atoms in total. The summed E-state index contributed by atoms with van der Waals surface area (Å²) in [7, 11) is 0. The van der Waals surface area contributed by atoms with Crippen molar-refractivity contribution in [1.29, 1.82) is 0 Å². The van der Waals surface area contributed by atoms with E-state index in [0.717, 1.165) is 44.7 Å². The molecule has 6 heteroatoms. The minimum atomic E-state index is 0.102. The monoisotopic (exact) mass is 347 g/mol. The van der Waals surface area contributed by atoms with E-state index in [-0.39, 0.29) is 6.03 Å². The number of hydrogen-bond acceptors (Lipinski definition) is 3. The van der Waals surface area contributed by atoms with E-state index < -0.39 is 0 Å². The minimum absolute atomic E-state index is 0.102. The van der Waals surface area contributed by atoms with Gasteiger partial charge in [-0.25, -0.2) is 4.79 Å². The first kappa shape index (κ1) is 18.2. The van der Waals surface area contributed by atoms with Crippen LogP contribution in [0.2, 0.25) is 0 Å². The summed E-state index contributed by atoms with van der Waals surface area (Å²) >= 11 is 0. The Balaban J connectivity index is 1.44. The smallest absolute Gasteiger partial charge is 0.317 e. The van der Waals surface area contributed by atoms with Gasteiger partial charge in [0.1, 0.15) is 0 Å². The third-order valence-corrected chi connectivity index (χ3v) is 5.44. The van der Waals surface area contributed by atoms with Crippen molar-refractivity contribution in [1.82, 2.24) is 25.3 Å². The summed E-state index contributed by atoms with van der Waals surface area (Å²) in [5.74, 6) is 1.68. The molecule has 140 valence electrons. The topological polar surface area (TPSA) is 64.3 Å². The molecule has 0 bridgehead atoms. The molecule has 0 unspecified atom stereocenters. The largest absolute Gasteiger partial charge is 0.338 e. The van der Waals surface area contributed by atoms with E-state index in [0.29, 0.717) is 17.8 Å². The van der Waals surface area contributed by atoms with Crippen LogP contribution in [0, 0.1) is 11.8 Å². The first-order valence-corrected chi connectivity index (χ1v) is 9.86. The number of carbonyl (C=O) groups is 1. The van der Waals surface area contributed by atoms with Gasteiger partial charge < -0.3 is 15.1 Å². The van der Waals surface area contributed by atoms with Crippen LogP contribution in [0.5, 0.6) is 0 Å². The van der Waals surface area contributed by atoms with Crippen molar-refractivity contribution < 1.29 is 4.79 Å². The summed E-state index contributed by atoms with van der Waals surface area (Å²) in [4.78, 5) is 17.1. The molecule has 3 rings (SSSR count). The molecule has 3 heterocycles. The highest BCUT2D eigenvalue weighted by Gasteiger charge is 2.26. The van der Waals surface area contributed by atoms with Gasteiger partial charge in [-0.15, -0.1) is 0 Å². The highest BCUT2D eigenvalue weighted by atomic mass is 16.2. The lowest BCUT2D eigenvalue weighted by molar-refractivity contribution is 0.149. The van der Waals surface area contributed by atoms with Gasteiger partial charge in [-0.3, -0.25) is 5.10 Å². The Hall–Kier alpha value is -1.56. The Bertz CT molecular complexity index is 530. The maximum absolute atomic E-state index is 12.6. The van der Waals surface area contributed by atoms with E-state index in [4.69, 9.17) is 0 Å². The second-order valence-corrected chi connectivity index (χ2v) is 8.14. The van der Waals surface area contributed by atoms with Crippen LogP contribution in [0.25, 0.3) is 0 Å². The molecule has 2 atom stereocenters. The number of urea groups is 1. The number of H-pyrrole nitrogens is 1. The van der Waals surface area contributed by atoms with Gasteiger partial charge in [0, 0.05) is 50.5 Å². The lowest BCUT2D eigenvalue weighted by Gasteiger charge is -2.35. The third kappa shape index (κ3) is 5.21. The van der Waals surface area contributed by atoms with Crippen molar-refractivity contribution in [2.45, 2.75) is 45.4 Å². The van der Waals surface area contributed by atoms with Gasteiger partial charge in [0.15, 0.2) is 0 Å². The number of nitrogens with one attached hydrogen (secondary N) is 2. The normalized spacial score (nSPS) is 25.3. The zero-order valence-corrected chi connectivity index (χ0v) is 15.7. The highest BCUT2D eigenvalue weighted by Crippen LogP contribution is 2.25. The summed E-state index contributed by atoms with van der Waals surface area (Å²) < 4.78 is 0. The average Bonchev–Trinajstić information content (AvgIpc) is 3.14. The van der Waals surface area contributed by atoms with Crippen LogP contribution in [0.15, 0.2) is 12.3 Å². The van der Waals surface area contributed by atoms with Crippen molar-refractivity contribution in [3.63, 3.8) is 0 Å². The fourth-order valence-electron chi connectivity index (χ4n) is 4.25. The van der Waals surface area contributed by atoms with Crippen molar-refractivity contribution in [2.24, 2.45) is 11.8 Å². The van der Waals surface area contributed by atoms with E-state index in [1.165, 1.54) is 25.9 Å². The van der Waals surface area contributed by atoms with Crippen molar-refractivity contribution >= 4 is 6.03 Å². The number of likely N-dealkylation sites (tertiary alicyclic amines) is 2. The van der Waals surface area contributed by atoms with Gasteiger partial charge in [0.05, 0.1) is 0 Å². The molecule has 0 aliphatic carbocycles. The second-order valence-electron chi connectivity index (χ2n) is 8.14. The Morgan fingerprint density at radius 3 is 2.92 bits per heavy atom. The average molecular weight is 348 g/mol. The molecule has 2 aliphatic heterocycles. The zero-order chi connectivity index (χ0) is 17.6. The summed E-state index contributed by atoms with van der Waals surface area (Å²) in [6.07, 6.45) is 6.45. The summed E-state index contributed by atoms with van der Waals surface area (Å²) in [5, 5.41) is 10.3. The molecular weight excluding hydrogens is 314 g/mol.